The number of methoxy groups -OCH3 is 1. The van der Waals surface area contributed by atoms with Crippen molar-refractivity contribution in [3.05, 3.63) is 65.0 Å². The van der Waals surface area contributed by atoms with E-state index in [1.54, 1.807) is 24.3 Å². The monoisotopic (exact) mass is 527 g/mol. The second kappa shape index (κ2) is 9.22. The van der Waals surface area contributed by atoms with Gasteiger partial charge in [-0.25, -0.2) is 4.98 Å². The van der Waals surface area contributed by atoms with Gasteiger partial charge >= 0.3 is 12.5 Å². The molecule has 0 bridgehead atoms. The highest BCUT2D eigenvalue weighted by Crippen LogP contribution is 2.43. The van der Waals surface area contributed by atoms with Gasteiger partial charge in [-0.1, -0.05) is 0 Å². The first-order chi connectivity index (χ1) is 16.9. The van der Waals surface area contributed by atoms with Crippen LogP contribution in [0, 0.1) is 0 Å². The fourth-order valence-electron chi connectivity index (χ4n) is 3.35. The Morgan fingerprint density at radius 1 is 0.972 bits per heavy atom. The van der Waals surface area contributed by atoms with E-state index in [-0.39, 0.29) is 21.1 Å². The van der Waals surface area contributed by atoms with E-state index in [0.29, 0.717) is 22.6 Å². The summed E-state index contributed by atoms with van der Waals surface area (Å²) in [6.07, 6.45) is -9.68. The molecule has 0 spiro atoms. The molecule has 0 aliphatic heterocycles. The van der Waals surface area contributed by atoms with Gasteiger partial charge in [-0.15, -0.1) is 24.5 Å². The van der Waals surface area contributed by atoms with Crippen molar-refractivity contribution in [1.82, 2.24) is 4.98 Å². The molecule has 0 fully saturated rings. The molecule has 0 saturated heterocycles. The number of amides is 1. The Bertz CT molecular complexity index is 1420. The highest BCUT2D eigenvalue weighted by atomic mass is 32.1. The molecule has 0 radical (unpaired) electrons. The molecule has 4 rings (SSSR count). The average molecular weight is 527 g/mol. The topological polar surface area (TPSA) is 86.5 Å². The number of nitrogen functional groups attached to an aromatic ring is 1. The van der Waals surface area contributed by atoms with Gasteiger partial charge in [0.15, 0.2) is 0 Å². The van der Waals surface area contributed by atoms with Gasteiger partial charge in [0.05, 0.1) is 24.1 Å². The van der Waals surface area contributed by atoms with Crippen LogP contribution in [-0.4, -0.2) is 24.4 Å². The molecule has 1 amide bonds. The number of ether oxygens (including phenoxy) is 2. The summed E-state index contributed by atoms with van der Waals surface area (Å²) < 4.78 is 87.5. The Kier molecular flexibility index (Phi) is 6.43. The van der Waals surface area contributed by atoms with E-state index in [2.05, 4.69) is 15.0 Å². The Morgan fingerprint density at radius 3 is 2.14 bits per heavy atom. The minimum absolute atomic E-state index is 0.0194. The number of thiophene rings is 1. The molecule has 2 heterocycles. The molecule has 2 aromatic carbocycles. The molecule has 0 atom stereocenters. The Balaban J connectivity index is 1.70. The Morgan fingerprint density at radius 2 is 1.58 bits per heavy atom. The minimum atomic E-state index is -4.88. The maximum Gasteiger partial charge on any atom is 0.573 e. The van der Waals surface area contributed by atoms with Crippen molar-refractivity contribution in [3.63, 3.8) is 0 Å². The number of carbonyl (C=O) groups excluding carboxylic acids is 1. The molecule has 6 nitrogen and oxygen atoms in total. The summed E-state index contributed by atoms with van der Waals surface area (Å²) in [7, 11) is 1.45. The van der Waals surface area contributed by atoms with E-state index in [4.69, 9.17) is 10.5 Å². The SMILES string of the molecule is COc1ccc(-c2cc(C(F)(F)F)c3c(N)c(C(=O)Nc4ccc(OC(F)(F)F)cc4)sc3n2)cc1. The number of hydrogen-bond acceptors (Lipinski definition) is 6. The van der Waals surface area contributed by atoms with Crippen LogP contribution in [-0.2, 0) is 6.18 Å². The van der Waals surface area contributed by atoms with Gasteiger partial charge in [-0.3, -0.25) is 4.79 Å². The minimum Gasteiger partial charge on any atom is -0.497 e. The molecule has 2 aromatic heterocycles. The van der Waals surface area contributed by atoms with E-state index in [9.17, 15) is 31.1 Å². The van der Waals surface area contributed by atoms with Crippen molar-refractivity contribution in [2.75, 3.05) is 18.2 Å². The smallest absolute Gasteiger partial charge is 0.497 e. The molecule has 36 heavy (non-hydrogen) atoms. The largest absolute Gasteiger partial charge is 0.573 e. The van der Waals surface area contributed by atoms with Gasteiger partial charge in [0.2, 0.25) is 0 Å². The first kappa shape index (κ1) is 25.1. The lowest BCUT2D eigenvalue weighted by Crippen LogP contribution is -2.17. The number of alkyl halides is 6. The summed E-state index contributed by atoms with van der Waals surface area (Å²) in [4.78, 5) is 16.7. The Hall–Kier alpha value is -4.00. The number of aromatic nitrogens is 1. The lowest BCUT2D eigenvalue weighted by molar-refractivity contribution is -0.274. The van der Waals surface area contributed by atoms with Crippen LogP contribution < -0.4 is 20.5 Å². The van der Waals surface area contributed by atoms with E-state index in [0.717, 1.165) is 30.3 Å². The van der Waals surface area contributed by atoms with Crippen LogP contribution in [0.3, 0.4) is 0 Å². The first-order valence-corrected chi connectivity index (χ1v) is 10.8. The third kappa shape index (κ3) is 5.30. The molecule has 0 aliphatic carbocycles. The van der Waals surface area contributed by atoms with Crippen molar-refractivity contribution >= 4 is 38.8 Å². The Labute approximate surface area is 203 Å². The van der Waals surface area contributed by atoms with E-state index < -0.39 is 40.8 Å². The van der Waals surface area contributed by atoms with Crippen molar-refractivity contribution < 1.29 is 40.6 Å². The standard InChI is InChI=1S/C23H15F6N3O3S/c1-34-13-6-2-11(3-7-13)16-10-15(22(24,25)26)17-18(30)19(36-21(17)32-16)20(33)31-12-4-8-14(9-5-12)35-23(27,28)29/h2-10H,30H2,1H3,(H,31,33). The van der Waals surface area contributed by atoms with Crippen LogP contribution in [0.4, 0.5) is 37.7 Å². The van der Waals surface area contributed by atoms with Crippen LogP contribution in [0.2, 0.25) is 0 Å². The summed E-state index contributed by atoms with van der Waals surface area (Å²) in [6.45, 7) is 0. The predicted octanol–water partition coefficient (Wildman–Crippen LogP) is 6.72. The summed E-state index contributed by atoms with van der Waals surface area (Å²) in [6, 6.07) is 11.3. The number of anilines is 2. The highest BCUT2D eigenvalue weighted by Gasteiger charge is 2.36. The van der Waals surface area contributed by atoms with Crippen LogP contribution >= 0.6 is 11.3 Å². The van der Waals surface area contributed by atoms with Gasteiger partial charge in [0.1, 0.15) is 21.2 Å². The number of pyridine rings is 1. The quantitative estimate of drug-likeness (QED) is 0.281. The number of hydrogen-bond donors (Lipinski definition) is 2. The molecular weight excluding hydrogens is 512 g/mol. The maximum absolute atomic E-state index is 13.9. The molecule has 13 heteroatoms. The lowest BCUT2D eigenvalue weighted by atomic mass is 10.1. The predicted molar refractivity (Wildman–Crippen MR) is 122 cm³/mol. The number of fused-ring (bicyclic) bond motifs is 1. The highest BCUT2D eigenvalue weighted by molar-refractivity contribution is 7.21. The number of nitrogens with two attached hydrogens (primary N) is 1. The van der Waals surface area contributed by atoms with Crippen LogP contribution in [0.25, 0.3) is 21.5 Å². The fourth-order valence-corrected chi connectivity index (χ4v) is 4.37. The van der Waals surface area contributed by atoms with Gasteiger partial charge in [-0.05, 0) is 54.6 Å². The zero-order valence-corrected chi connectivity index (χ0v) is 18.9. The number of nitrogens with zero attached hydrogens (tertiary/aromatic N) is 1. The van der Waals surface area contributed by atoms with Gasteiger partial charge in [0, 0.05) is 16.6 Å². The normalized spacial score (nSPS) is 12.0. The number of halogens is 6. The first-order valence-electron chi connectivity index (χ1n) is 9.97. The average Bonchev–Trinajstić information content (AvgIpc) is 3.14. The molecule has 0 unspecified atom stereocenters. The molecule has 0 saturated carbocycles. The van der Waals surface area contributed by atoms with E-state index in [1.165, 1.54) is 7.11 Å². The lowest BCUT2D eigenvalue weighted by Gasteiger charge is -2.11. The zero-order valence-electron chi connectivity index (χ0n) is 18.1. The zero-order chi connectivity index (χ0) is 26.3. The third-order valence-corrected chi connectivity index (χ3v) is 6.04. The van der Waals surface area contributed by atoms with Crippen LogP contribution in [0.15, 0.2) is 54.6 Å². The molecular formula is C23H15F6N3O3S. The van der Waals surface area contributed by atoms with E-state index >= 15 is 0 Å². The summed E-state index contributed by atoms with van der Waals surface area (Å²) in [5, 5.41) is 1.99. The van der Waals surface area contributed by atoms with Crippen molar-refractivity contribution in [1.29, 1.82) is 0 Å². The number of nitrogens with one attached hydrogen (secondary N) is 1. The van der Waals surface area contributed by atoms with Crippen LogP contribution in [0.1, 0.15) is 15.2 Å². The second-order valence-electron chi connectivity index (χ2n) is 7.33. The molecule has 3 N–H and O–H groups in total. The molecule has 0 aliphatic rings. The van der Waals surface area contributed by atoms with Gasteiger partial charge < -0.3 is 20.5 Å². The summed E-state index contributed by atoms with van der Waals surface area (Å²) in [5.74, 6) is -0.848. The maximum atomic E-state index is 13.9. The van der Waals surface area contributed by atoms with Gasteiger partial charge in [-0.2, -0.15) is 13.2 Å². The number of rotatable bonds is 5. The summed E-state index contributed by atoms with van der Waals surface area (Å²) in [5.41, 5.74) is 4.98. The second-order valence-corrected chi connectivity index (χ2v) is 8.33. The molecule has 188 valence electrons. The van der Waals surface area contributed by atoms with Crippen molar-refractivity contribution in [2.24, 2.45) is 0 Å². The fraction of sp³-hybridized carbons (Fsp3) is 0.130. The molecule has 4 aromatic rings. The van der Waals surface area contributed by atoms with Crippen molar-refractivity contribution in [3.8, 4) is 22.8 Å². The number of benzene rings is 2. The van der Waals surface area contributed by atoms with Crippen LogP contribution in [0.5, 0.6) is 11.5 Å². The number of carbonyl (C=O) groups is 1. The van der Waals surface area contributed by atoms with Crippen molar-refractivity contribution in [2.45, 2.75) is 12.5 Å². The third-order valence-electron chi connectivity index (χ3n) is 4.94. The van der Waals surface area contributed by atoms with Gasteiger partial charge in [0.25, 0.3) is 5.91 Å². The summed E-state index contributed by atoms with van der Waals surface area (Å²) >= 11 is 0.663. The van der Waals surface area contributed by atoms with E-state index in [1.807, 2.05) is 0 Å².